The number of methoxy groups -OCH3 is 2. The van der Waals surface area contributed by atoms with Crippen LogP contribution < -0.4 is 30.4 Å². The summed E-state index contributed by atoms with van der Waals surface area (Å²) in [6.45, 7) is -0.201. The van der Waals surface area contributed by atoms with E-state index in [-0.39, 0.29) is 86.0 Å². The van der Waals surface area contributed by atoms with Crippen molar-refractivity contribution >= 4 is 131 Å². The first kappa shape index (κ1) is 46.9. The van der Waals surface area contributed by atoms with Crippen molar-refractivity contribution in [1.29, 1.82) is 0 Å². The molecule has 0 amide bonds. The van der Waals surface area contributed by atoms with E-state index in [9.17, 15) is 21.6 Å². The monoisotopic (exact) mass is 958 g/mol. The average Bonchev–Trinajstić information content (AvgIpc) is 3.12. The number of halogens is 6. The van der Waals surface area contributed by atoms with Crippen molar-refractivity contribution < 1.29 is 41.3 Å². The van der Waals surface area contributed by atoms with Crippen LogP contribution in [0.15, 0.2) is 56.2 Å². The maximum Gasteiger partial charge on any atom is 0.321 e. The molecule has 0 aliphatic heterocycles. The molecular weight excluding hydrogens is 933 g/mol. The van der Waals surface area contributed by atoms with E-state index < -0.39 is 38.1 Å². The van der Waals surface area contributed by atoms with E-state index in [1.807, 2.05) is 0 Å². The second kappa shape index (κ2) is 20.8. The van der Waals surface area contributed by atoms with Crippen molar-refractivity contribution in [3.63, 3.8) is 0 Å². The van der Waals surface area contributed by atoms with Crippen LogP contribution in [0, 0.1) is 0 Å². The molecule has 0 fully saturated rings. The number of rotatable bonds is 16. The normalized spacial score (nSPS) is 12.6. The van der Waals surface area contributed by atoms with E-state index in [0.717, 1.165) is 23.5 Å². The summed E-state index contributed by atoms with van der Waals surface area (Å²) >= 11 is 37.9. The van der Waals surface area contributed by atoms with Gasteiger partial charge in [-0.2, -0.15) is 0 Å². The molecule has 0 saturated carbocycles. The summed E-state index contributed by atoms with van der Waals surface area (Å²) in [6, 6.07) is 6.71. The number of aliphatic carboxylic acids is 1. The molecule has 2 heterocycles. The second-order valence-corrected chi connectivity index (χ2v) is 17.8. The number of carboxylic acid groups (broad SMARTS) is 1. The highest BCUT2D eigenvalue weighted by atomic mass is 35.5. The van der Waals surface area contributed by atoms with Gasteiger partial charge in [0.25, 0.3) is 31.8 Å². The number of benzene rings is 2. The van der Waals surface area contributed by atoms with E-state index in [1.165, 1.54) is 50.6 Å². The average molecular weight is 962 g/mol. The zero-order valence-electron chi connectivity index (χ0n) is 27.8. The number of carbonyl (C=O) groups is 1. The Morgan fingerprint density at radius 2 is 1.15 bits per heavy atom. The van der Waals surface area contributed by atoms with Crippen LogP contribution in [0.4, 0.5) is 11.6 Å². The fourth-order valence-electron chi connectivity index (χ4n) is 3.60. The van der Waals surface area contributed by atoms with Crippen LogP contribution in [0.1, 0.15) is 0 Å². The molecule has 27 heteroatoms. The van der Waals surface area contributed by atoms with Gasteiger partial charge in [-0.15, -0.1) is 23.5 Å². The van der Waals surface area contributed by atoms with Crippen LogP contribution in [-0.4, -0.2) is 97.4 Å². The maximum absolute atomic E-state index is 12.6. The number of thioether (sulfide) groups is 2. The molecule has 0 bridgehead atoms. The summed E-state index contributed by atoms with van der Waals surface area (Å²) in [5.74, 6) is -1.66. The molecule has 2 aromatic heterocycles. The van der Waals surface area contributed by atoms with E-state index in [1.54, 1.807) is 0 Å². The number of aliphatic hydroxyl groups is 1. The Morgan fingerprint density at radius 3 is 1.51 bits per heavy atom. The number of aromatic nitrogens is 4. The van der Waals surface area contributed by atoms with Crippen LogP contribution in [0.5, 0.6) is 11.8 Å². The molecule has 0 unspecified atom stereocenters. The van der Waals surface area contributed by atoms with Crippen LogP contribution >= 0.6 is 93.1 Å². The van der Waals surface area contributed by atoms with Crippen molar-refractivity contribution in [2.75, 3.05) is 41.8 Å². The van der Waals surface area contributed by atoms with Crippen molar-refractivity contribution in [1.82, 2.24) is 19.9 Å². The molecule has 0 aliphatic carbocycles. The predicted molar refractivity (Wildman–Crippen MR) is 214 cm³/mol. The molecule has 8 N–H and O–H groups in total. The first-order valence-corrected chi connectivity index (χ1v) is 21.7. The quantitative estimate of drug-likeness (QED) is 0.0767. The minimum absolute atomic E-state index is 0.0317. The van der Waals surface area contributed by atoms with Crippen molar-refractivity contribution in [3.8, 4) is 11.8 Å². The van der Waals surface area contributed by atoms with Crippen LogP contribution in [0.25, 0.3) is 0 Å². The Kier molecular flexibility index (Phi) is 17.7. The number of nitrogens with zero attached hydrogens (tertiary/aromatic N) is 4. The Bertz CT molecular complexity index is 2250. The number of aliphatic hydroxyl groups excluding tert-OH is 1. The largest absolute Gasteiger partial charge is 0.480 e. The summed E-state index contributed by atoms with van der Waals surface area (Å²) in [6.07, 6.45) is 0. The van der Waals surface area contributed by atoms with Gasteiger partial charge >= 0.3 is 5.97 Å². The molecule has 4 aromatic rings. The topological polar surface area (TPSA) is 272 Å². The van der Waals surface area contributed by atoms with Crippen LogP contribution in [0.2, 0.25) is 30.4 Å². The Balaban J connectivity index is 0.000000296. The van der Waals surface area contributed by atoms with Gasteiger partial charge in [0.2, 0.25) is 11.6 Å². The number of ether oxygens (including phenoxy) is 2. The molecule has 55 heavy (non-hydrogen) atoms. The van der Waals surface area contributed by atoms with Gasteiger partial charge < -0.3 is 31.2 Å². The highest BCUT2D eigenvalue weighted by Crippen LogP contribution is 2.36. The summed E-state index contributed by atoms with van der Waals surface area (Å²) in [5, 5.41) is 17.8. The van der Waals surface area contributed by atoms with Gasteiger partial charge in [0.15, 0.2) is 10.3 Å². The van der Waals surface area contributed by atoms with Gasteiger partial charge in [0.1, 0.15) is 25.9 Å². The lowest BCUT2D eigenvalue weighted by atomic mass is 10.4. The smallest absolute Gasteiger partial charge is 0.321 e. The van der Waals surface area contributed by atoms with E-state index in [0.29, 0.717) is 5.75 Å². The Morgan fingerprint density at radius 1 is 0.745 bits per heavy atom. The fourth-order valence-corrected chi connectivity index (χ4v) is 9.29. The number of nitrogens with two attached hydrogens (primary N) is 2. The number of sulfonamides is 2. The third kappa shape index (κ3) is 12.7. The third-order valence-corrected chi connectivity index (χ3v) is 13.8. The summed E-state index contributed by atoms with van der Waals surface area (Å²) in [4.78, 5) is 26.4. The zero-order chi connectivity index (χ0) is 41.2. The number of nitrogens with one attached hydrogen (secondary N) is 2. The maximum atomic E-state index is 12.6. The first-order chi connectivity index (χ1) is 25.8. The third-order valence-electron chi connectivity index (χ3n) is 6.23. The van der Waals surface area contributed by atoms with E-state index >= 15 is 0 Å². The molecule has 0 aliphatic rings. The van der Waals surface area contributed by atoms with Crippen molar-refractivity contribution in [2.24, 2.45) is 11.5 Å². The van der Waals surface area contributed by atoms with Crippen molar-refractivity contribution in [3.05, 3.63) is 66.8 Å². The SMILES string of the molecule is COc1nc(SC[C@H](N)C(=O)O)c(Cl)nc1NS(=O)(=O)c1cccc(Cl)c1Cl.COc1nc(SC[C@H](N)CO)c(Cl)nc1NS(=O)(=O)c1cccc(Cl)c1Cl. The molecule has 4 rings (SSSR count). The van der Waals surface area contributed by atoms with E-state index in [4.69, 9.17) is 101 Å². The summed E-state index contributed by atoms with van der Waals surface area (Å²) < 4.78 is 65.1. The lowest BCUT2D eigenvalue weighted by Crippen LogP contribution is -2.32. The van der Waals surface area contributed by atoms with Gasteiger partial charge in [-0.05, 0) is 24.3 Å². The molecule has 17 nitrogen and oxygen atoms in total. The molecule has 2 atom stereocenters. The Hall–Kier alpha value is -2.51. The second-order valence-electron chi connectivity index (χ2n) is 10.2. The van der Waals surface area contributed by atoms with Gasteiger partial charge in [0.05, 0.1) is 40.9 Å². The summed E-state index contributed by atoms with van der Waals surface area (Å²) in [5.41, 5.74) is 11.1. The minimum atomic E-state index is -4.18. The minimum Gasteiger partial charge on any atom is -0.480 e. The highest BCUT2D eigenvalue weighted by molar-refractivity contribution is 7.99. The highest BCUT2D eigenvalue weighted by Gasteiger charge is 2.26. The lowest BCUT2D eigenvalue weighted by molar-refractivity contribution is -0.137. The molecular formula is C28H28Cl6N8O9S4. The fraction of sp³-hybridized carbons (Fsp3) is 0.250. The molecule has 2 aromatic carbocycles. The van der Waals surface area contributed by atoms with Gasteiger partial charge in [-0.1, -0.05) is 81.7 Å². The molecule has 0 spiro atoms. The zero-order valence-corrected chi connectivity index (χ0v) is 35.6. The van der Waals surface area contributed by atoms with Crippen LogP contribution in [-0.2, 0) is 24.8 Å². The van der Waals surface area contributed by atoms with Crippen LogP contribution in [0.3, 0.4) is 0 Å². The first-order valence-electron chi connectivity index (χ1n) is 14.5. The van der Waals surface area contributed by atoms with Crippen molar-refractivity contribution in [2.45, 2.75) is 31.9 Å². The van der Waals surface area contributed by atoms with Gasteiger partial charge in [-0.25, -0.2) is 36.8 Å². The number of carboxylic acids is 1. The van der Waals surface area contributed by atoms with Gasteiger partial charge in [-0.3, -0.25) is 14.2 Å². The molecule has 300 valence electrons. The number of hydrogen-bond donors (Lipinski definition) is 6. The summed E-state index contributed by atoms with van der Waals surface area (Å²) in [7, 11) is -5.75. The number of anilines is 2. The number of hydrogen-bond acceptors (Lipinski definition) is 16. The Labute approximate surface area is 353 Å². The standard InChI is InChI=1S/C14H13Cl3N4O5S2.C14H15Cl3N4O4S2/c1-26-12-11(19-10(17)13(20-12)27-5-7(18)14(22)23)21-28(24,25)8-4-2-3-6(15)9(8)16;1-25-13-12(19-11(17)14(20-13)26-6-7(18)5-22)21-27(23,24)9-4-2-3-8(15)10(9)16/h2-4,7H,5,18H2,1H3,(H,19,21)(H,22,23);2-4,7,22H,5-6,18H2,1H3,(H,19,21)/t2*7-/m01/s1. The lowest BCUT2D eigenvalue weighted by Gasteiger charge is -2.14. The molecule has 0 radical (unpaired) electrons. The predicted octanol–water partition coefficient (Wildman–Crippen LogP) is 5.41. The van der Waals surface area contributed by atoms with Gasteiger partial charge in [0, 0.05) is 17.5 Å². The van der Waals surface area contributed by atoms with E-state index in [2.05, 4.69) is 29.4 Å². The molecule has 0 saturated heterocycles.